The van der Waals surface area contributed by atoms with Crippen molar-refractivity contribution in [2.75, 3.05) is 0 Å². The molecule has 1 fully saturated rings. The van der Waals surface area contributed by atoms with Crippen LogP contribution >= 0.6 is 0 Å². The van der Waals surface area contributed by atoms with Crippen LogP contribution in [0.4, 0.5) is 0 Å². The number of benzene rings is 1. The molecule has 2 heterocycles. The largest absolute Gasteiger partial charge is 0.324 e. The van der Waals surface area contributed by atoms with Crippen LogP contribution in [0.25, 0.3) is 10.9 Å². The first-order valence-corrected chi connectivity index (χ1v) is 7.30. The second-order valence-electron chi connectivity index (χ2n) is 5.56. The summed E-state index contributed by atoms with van der Waals surface area (Å²) in [5.74, 6) is -0.782. The number of pyridine rings is 1. The second-order valence-corrected chi connectivity index (χ2v) is 5.56. The topological polar surface area (TPSA) is 50.3 Å². The fraction of sp³-hybridized carbons (Fsp3) is 0.167. The molecular weight excluding hydrogens is 276 g/mol. The van der Waals surface area contributed by atoms with Gasteiger partial charge in [-0.3, -0.25) is 14.6 Å². The Hall–Kier alpha value is -2.75. The molecule has 2 aromatic rings. The number of allylic oxidation sites excluding steroid dienone is 2. The molecule has 0 saturated carbocycles. The molecule has 0 radical (unpaired) electrons. The Balaban J connectivity index is 1.74. The van der Waals surface area contributed by atoms with Crippen molar-refractivity contribution in [3.8, 4) is 0 Å². The van der Waals surface area contributed by atoms with Crippen LogP contribution in [0.15, 0.2) is 60.3 Å². The maximum atomic E-state index is 12.3. The normalized spacial score (nSPS) is 20.5. The number of aromatic nitrogens is 1. The summed E-state index contributed by atoms with van der Waals surface area (Å²) in [5.41, 5.74) is 2.46. The van der Waals surface area contributed by atoms with E-state index in [4.69, 9.17) is 0 Å². The van der Waals surface area contributed by atoms with Gasteiger partial charge in [0.05, 0.1) is 11.6 Å². The Morgan fingerprint density at radius 3 is 2.95 bits per heavy atom. The minimum absolute atomic E-state index is 0.135. The highest BCUT2D eigenvalue weighted by atomic mass is 16.2. The van der Waals surface area contributed by atoms with Crippen LogP contribution in [0.1, 0.15) is 12.0 Å². The van der Waals surface area contributed by atoms with Gasteiger partial charge in [0.25, 0.3) is 5.91 Å². The van der Waals surface area contributed by atoms with E-state index >= 15 is 0 Å². The third-order valence-electron chi connectivity index (χ3n) is 4.28. The number of ketones is 1. The number of para-hydroxylation sites is 1. The molecule has 1 aliphatic carbocycles. The smallest absolute Gasteiger partial charge is 0.295 e. The molecule has 108 valence electrons. The van der Waals surface area contributed by atoms with Crippen molar-refractivity contribution in [1.29, 1.82) is 0 Å². The Labute approximate surface area is 127 Å². The fourth-order valence-electron chi connectivity index (χ4n) is 3.20. The number of hydrogen-bond acceptors (Lipinski definition) is 3. The monoisotopic (exact) mass is 290 g/mol. The number of fused-ring (bicyclic) bond motifs is 2. The predicted molar refractivity (Wildman–Crippen MR) is 82.9 cm³/mol. The SMILES string of the molecule is O=C1C(=O)N(Cc2cccc3cccnc23)C2CC=CC=C12. The lowest BCUT2D eigenvalue weighted by atomic mass is 9.99. The van der Waals surface area contributed by atoms with Crippen LogP contribution < -0.4 is 0 Å². The summed E-state index contributed by atoms with van der Waals surface area (Å²) in [5, 5.41) is 1.04. The number of Topliss-reactive ketones (excluding diaryl/α,β-unsaturated/α-hetero) is 1. The fourth-order valence-corrected chi connectivity index (χ4v) is 3.20. The maximum absolute atomic E-state index is 12.3. The van der Waals surface area contributed by atoms with Crippen molar-refractivity contribution in [3.05, 3.63) is 65.9 Å². The van der Waals surface area contributed by atoms with Crippen LogP contribution in [0.3, 0.4) is 0 Å². The number of amides is 1. The molecule has 1 atom stereocenters. The van der Waals surface area contributed by atoms with Crippen LogP contribution in [0.5, 0.6) is 0 Å². The lowest BCUT2D eigenvalue weighted by Gasteiger charge is -2.25. The minimum Gasteiger partial charge on any atom is -0.324 e. The lowest BCUT2D eigenvalue weighted by Crippen LogP contribution is -2.33. The average molecular weight is 290 g/mol. The zero-order valence-electron chi connectivity index (χ0n) is 11.9. The van der Waals surface area contributed by atoms with Gasteiger partial charge in [-0.1, -0.05) is 42.5 Å². The Kier molecular flexibility index (Phi) is 2.89. The highest BCUT2D eigenvalue weighted by molar-refractivity contribution is 6.45. The molecule has 1 unspecified atom stereocenters. The molecule has 22 heavy (non-hydrogen) atoms. The van der Waals surface area contributed by atoms with Gasteiger partial charge in [-0.25, -0.2) is 0 Å². The number of hydrogen-bond donors (Lipinski definition) is 0. The molecule has 1 amide bonds. The van der Waals surface area contributed by atoms with Crippen LogP contribution in [-0.4, -0.2) is 27.6 Å². The highest BCUT2D eigenvalue weighted by Gasteiger charge is 2.42. The summed E-state index contributed by atoms with van der Waals surface area (Å²) >= 11 is 0. The second kappa shape index (κ2) is 4.91. The molecule has 2 aliphatic rings. The molecule has 1 saturated heterocycles. The van der Waals surface area contributed by atoms with E-state index in [0.717, 1.165) is 16.5 Å². The van der Waals surface area contributed by atoms with Gasteiger partial charge in [0.2, 0.25) is 5.78 Å². The Morgan fingerprint density at radius 1 is 1.18 bits per heavy atom. The first kappa shape index (κ1) is 13.0. The lowest BCUT2D eigenvalue weighted by molar-refractivity contribution is -0.140. The molecule has 4 heteroatoms. The first-order valence-electron chi connectivity index (χ1n) is 7.30. The van der Waals surface area contributed by atoms with Gasteiger partial charge in [0.1, 0.15) is 0 Å². The zero-order chi connectivity index (χ0) is 15.1. The zero-order valence-corrected chi connectivity index (χ0v) is 11.9. The third-order valence-corrected chi connectivity index (χ3v) is 4.28. The van der Waals surface area contributed by atoms with Gasteiger partial charge in [0, 0.05) is 23.7 Å². The van der Waals surface area contributed by atoms with E-state index in [1.54, 1.807) is 17.2 Å². The van der Waals surface area contributed by atoms with Crippen molar-refractivity contribution in [2.24, 2.45) is 0 Å². The summed E-state index contributed by atoms with van der Waals surface area (Å²) in [6.45, 7) is 0.411. The minimum atomic E-state index is -0.409. The summed E-state index contributed by atoms with van der Waals surface area (Å²) in [4.78, 5) is 30.5. The van der Waals surface area contributed by atoms with Gasteiger partial charge < -0.3 is 4.90 Å². The van der Waals surface area contributed by atoms with Gasteiger partial charge in [-0.2, -0.15) is 0 Å². The molecule has 1 aromatic heterocycles. The third kappa shape index (κ3) is 1.88. The van der Waals surface area contributed by atoms with Gasteiger partial charge in [-0.15, -0.1) is 0 Å². The number of rotatable bonds is 2. The van der Waals surface area contributed by atoms with Crippen molar-refractivity contribution in [1.82, 2.24) is 9.88 Å². The molecule has 0 bridgehead atoms. The standard InChI is InChI=1S/C18H14N2O2/c21-17-14-8-1-2-9-15(14)20(18(17)22)11-13-6-3-5-12-7-4-10-19-16(12)13/h1-8,10,15H,9,11H2. The van der Waals surface area contributed by atoms with Gasteiger partial charge in [-0.05, 0) is 18.1 Å². The highest BCUT2D eigenvalue weighted by Crippen LogP contribution is 2.30. The van der Waals surface area contributed by atoms with E-state index in [9.17, 15) is 9.59 Å². The van der Waals surface area contributed by atoms with Crippen LogP contribution in [0, 0.1) is 0 Å². The van der Waals surface area contributed by atoms with E-state index in [1.165, 1.54) is 0 Å². The summed E-state index contributed by atoms with van der Waals surface area (Å²) in [6.07, 6.45) is 8.04. The van der Waals surface area contributed by atoms with E-state index in [1.807, 2.05) is 42.5 Å². The Morgan fingerprint density at radius 2 is 2.05 bits per heavy atom. The predicted octanol–water partition coefficient (Wildman–Crippen LogP) is 2.40. The molecule has 0 spiro atoms. The van der Waals surface area contributed by atoms with Crippen molar-refractivity contribution in [2.45, 2.75) is 19.0 Å². The molecule has 4 nitrogen and oxygen atoms in total. The molecular formula is C18H14N2O2. The van der Waals surface area contributed by atoms with Gasteiger partial charge in [0.15, 0.2) is 0 Å². The maximum Gasteiger partial charge on any atom is 0.295 e. The molecule has 1 aromatic carbocycles. The number of nitrogens with zero attached hydrogens (tertiary/aromatic N) is 2. The Bertz CT molecular complexity index is 846. The quantitative estimate of drug-likeness (QED) is 0.798. The summed E-state index contributed by atoms with van der Waals surface area (Å²) in [7, 11) is 0. The van der Waals surface area contributed by atoms with E-state index in [-0.39, 0.29) is 11.8 Å². The molecule has 1 aliphatic heterocycles. The summed E-state index contributed by atoms with van der Waals surface area (Å²) < 4.78 is 0. The number of carbonyl (C=O) groups is 2. The van der Waals surface area contributed by atoms with Crippen molar-refractivity contribution < 1.29 is 9.59 Å². The van der Waals surface area contributed by atoms with Gasteiger partial charge >= 0.3 is 0 Å². The number of likely N-dealkylation sites (tertiary alicyclic amines) is 1. The summed E-state index contributed by atoms with van der Waals surface area (Å²) in [6, 6.07) is 9.68. The van der Waals surface area contributed by atoms with Crippen molar-refractivity contribution >= 4 is 22.6 Å². The van der Waals surface area contributed by atoms with Crippen molar-refractivity contribution in [3.63, 3.8) is 0 Å². The van der Waals surface area contributed by atoms with E-state index < -0.39 is 5.91 Å². The van der Waals surface area contributed by atoms with Crippen LogP contribution in [0.2, 0.25) is 0 Å². The number of carbonyl (C=O) groups excluding carboxylic acids is 2. The average Bonchev–Trinajstić information content (AvgIpc) is 2.81. The molecule has 0 N–H and O–H groups in total. The van der Waals surface area contributed by atoms with Crippen LogP contribution in [-0.2, 0) is 16.1 Å². The first-order chi connectivity index (χ1) is 10.8. The van der Waals surface area contributed by atoms with E-state index in [2.05, 4.69) is 4.98 Å². The van der Waals surface area contributed by atoms with E-state index in [0.29, 0.717) is 18.5 Å². The molecule has 4 rings (SSSR count).